The van der Waals surface area contributed by atoms with Gasteiger partial charge in [0.2, 0.25) is 0 Å². The van der Waals surface area contributed by atoms with Crippen molar-refractivity contribution in [1.29, 1.82) is 0 Å². The van der Waals surface area contributed by atoms with Crippen LogP contribution in [0, 0.1) is 0 Å². The van der Waals surface area contributed by atoms with Gasteiger partial charge in [-0.25, -0.2) is 16.8 Å². The van der Waals surface area contributed by atoms with Crippen molar-refractivity contribution in [3.63, 3.8) is 0 Å². The topological polar surface area (TPSA) is 279 Å². The van der Waals surface area contributed by atoms with Crippen molar-refractivity contribution in [3.05, 3.63) is 54.6 Å². The molecule has 0 atom stereocenters. The zero-order valence-electron chi connectivity index (χ0n) is 23.5. The van der Waals surface area contributed by atoms with E-state index in [0.717, 1.165) is 30.3 Å². The van der Waals surface area contributed by atoms with Gasteiger partial charge in [-0.1, -0.05) is 0 Å². The molecule has 0 saturated heterocycles. The molecule has 3 N–H and O–H groups in total. The number of hydrogen-bond acceptors (Lipinski definition) is 20. The molecule has 0 bridgehead atoms. The number of phenols is 1. The minimum Gasteiger partial charge on any atom is -0.744 e. The Balaban J connectivity index is 0.00000645. The monoisotopic (exact) mass is 731 g/mol. The van der Waals surface area contributed by atoms with Crippen LogP contribution in [0.4, 0.5) is 28.4 Å². The molecule has 3 rings (SSSR count). The first-order valence-electron chi connectivity index (χ1n) is 10.7. The van der Waals surface area contributed by atoms with Gasteiger partial charge in [0.15, 0.2) is 22.2 Å². The smallest absolute Gasteiger partial charge is 0.744 e. The molecule has 0 fully saturated rings. The molecule has 0 radical (unpaired) electrons. The molecular weight excluding hydrogens is 715 g/mol. The fraction of sp³-hybridized carbons (Fsp3) is 0.100. The summed E-state index contributed by atoms with van der Waals surface area (Å²) >= 11 is 0.596. The van der Waals surface area contributed by atoms with Crippen LogP contribution in [0.15, 0.2) is 89.7 Å². The molecule has 0 spiro atoms. The third kappa shape index (κ3) is 14.4. The van der Waals surface area contributed by atoms with E-state index in [1.807, 2.05) is 0 Å². The van der Waals surface area contributed by atoms with Gasteiger partial charge in [0, 0.05) is 11.0 Å². The van der Waals surface area contributed by atoms with Crippen LogP contribution >= 0.6 is 24.4 Å². The van der Waals surface area contributed by atoms with Crippen molar-refractivity contribution in [2.45, 2.75) is 14.7 Å². The van der Waals surface area contributed by atoms with E-state index in [4.69, 9.17) is 9.92 Å². The molecule has 25 heteroatoms. The molecule has 3 aromatic carbocycles. The number of aromatic hydroxyl groups is 1. The van der Waals surface area contributed by atoms with Crippen LogP contribution in [0.1, 0.15) is 0 Å². The van der Waals surface area contributed by atoms with Crippen LogP contribution < -0.4 is 105 Å². The Morgan fingerprint density at radius 2 is 1.42 bits per heavy atom. The molecule has 3 aromatic rings. The van der Waals surface area contributed by atoms with Crippen molar-refractivity contribution in [2.24, 2.45) is 20.5 Å². The molecule has 18 nitrogen and oxygen atoms in total. The number of anilines is 1. The number of rotatable bonds is 15. The van der Waals surface area contributed by atoms with Crippen LogP contribution in [-0.4, -0.2) is 38.9 Å². The van der Waals surface area contributed by atoms with Crippen LogP contribution in [0.5, 0.6) is 5.75 Å². The van der Waals surface area contributed by atoms with Gasteiger partial charge in [-0.2, -0.15) is 9.45 Å². The van der Waals surface area contributed by atoms with Gasteiger partial charge in [0.25, 0.3) is 0 Å². The Morgan fingerprint density at radius 3 is 2.04 bits per heavy atom. The Kier molecular flexibility index (Phi) is 21.5. The Labute approximate surface area is 331 Å². The molecule has 45 heavy (non-hydrogen) atoms. The van der Waals surface area contributed by atoms with E-state index in [0.29, 0.717) is 12.0 Å². The number of nitrogens with zero attached hydrogens (tertiary/aromatic N) is 4. The molecule has 0 aliphatic heterocycles. The van der Waals surface area contributed by atoms with Crippen LogP contribution in [0.3, 0.4) is 0 Å². The van der Waals surface area contributed by atoms with Gasteiger partial charge in [-0.05, 0) is 48.5 Å². The molecular formula is C20H16N5Na3O13S4. The van der Waals surface area contributed by atoms with Crippen LogP contribution in [-0.2, 0) is 42.9 Å². The van der Waals surface area contributed by atoms with Gasteiger partial charge in [0.1, 0.15) is 32.9 Å². The van der Waals surface area contributed by atoms with Crippen molar-refractivity contribution >= 4 is 72.8 Å². The largest absolute Gasteiger partial charge is 1.00 e. The Morgan fingerprint density at radius 1 is 0.800 bits per heavy atom. The van der Waals surface area contributed by atoms with E-state index in [2.05, 4.69) is 39.2 Å². The summed E-state index contributed by atoms with van der Waals surface area (Å²) in [6.45, 7) is -0.291. The van der Waals surface area contributed by atoms with Crippen molar-refractivity contribution in [2.75, 3.05) is 18.1 Å². The molecule has 0 aromatic heterocycles. The summed E-state index contributed by atoms with van der Waals surface area (Å²) in [6, 6.07) is 10.6. The Bertz CT molecular complexity index is 1670. The number of phenolic OH excluding ortho intramolecular Hbond substituents is 1. The van der Waals surface area contributed by atoms with Crippen molar-refractivity contribution in [3.8, 4) is 5.75 Å². The molecule has 0 aliphatic carbocycles. The van der Waals surface area contributed by atoms with E-state index in [1.54, 1.807) is 0 Å². The van der Waals surface area contributed by atoms with Crippen molar-refractivity contribution in [1.82, 2.24) is 0 Å². The predicted molar refractivity (Wildman–Crippen MR) is 138 cm³/mol. The molecule has 226 valence electrons. The minimum atomic E-state index is -4.99. The number of sulfone groups is 1. The second-order valence-corrected chi connectivity index (χ2v) is 12.2. The number of nitrogens with two attached hydrogens (primary N) is 1. The number of azo groups is 2. The normalized spacial score (nSPS) is 11.6. The van der Waals surface area contributed by atoms with Gasteiger partial charge in [-0.3, -0.25) is 14.3 Å². The summed E-state index contributed by atoms with van der Waals surface area (Å²) in [7, 11) is -8.73. The average Bonchev–Trinajstić information content (AvgIpc) is 2.94. The SMILES string of the molecule is Nc1cc(O)c(N=Nc2cc(SOO[O-])ccc2S(=O)(=O)[O-])cc1N=Nc1ccc(S(=O)(=O)CCOSOO[O-])cc1.[Na+].[Na+].[Na+]. The van der Waals surface area contributed by atoms with E-state index < -0.39 is 42.0 Å². The predicted octanol–water partition coefficient (Wildman–Crippen LogP) is -6.47. The number of benzene rings is 3. The van der Waals surface area contributed by atoms with Gasteiger partial charge >= 0.3 is 88.7 Å². The van der Waals surface area contributed by atoms with Gasteiger partial charge < -0.3 is 25.9 Å². The number of nitrogen functional groups attached to an aromatic ring is 1. The van der Waals surface area contributed by atoms with E-state index in [9.17, 15) is 37.0 Å². The summed E-state index contributed by atoms with van der Waals surface area (Å²) in [4.78, 5) is -0.653. The first-order valence-corrected chi connectivity index (χ1v) is 15.2. The average molecular weight is 732 g/mol. The van der Waals surface area contributed by atoms with E-state index in [1.165, 1.54) is 24.3 Å². The molecule has 0 unspecified atom stereocenters. The first-order chi connectivity index (χ1) is 19.9. The summed E-state index contributed by atoms with van der Waals surface area (Å²) < 4.78 is 72.3. The summed E-state index contributed by atoms with van der Waals surface area (Å²) in [5, 5.41) is 51.6. The van der Waals surface area contributed by atoms with Gasteiger partial charge in [0.05, 0.1) is 45.6 Å². The zero-order chi connectivity index (χ0) is 30.8. The summed E-state index contributed by atoms with van der Waals surface area (Å²) in [6.07, 6.45) is 0. The standard InChI is InChI=1S/C20H19N5O13S4.3Na/c21-15-10-19(26)17(24-25-18-9-13(39-37-35-27)3-6-20(18)42(31,32)33)11-16(15)23-22-12-1-4-14(5-2-12)41(29,30)8-7-34-40-38-36-28;;;/h1-6,9-11,26-28H,7-8,21H2,(H,31,32,33);;;/q;3*+1/p-3. The maximum Gasteiger partial charge on any atom is 1.00 e. The van der Waals surface area contributed by atoms with Crippen LogP contribution in [0.25, 0.3) is 0 Å². The van der Waals surface area contributed by atoms with E-state index in [-0.39, 0.29) is 140 Å². The van der Waals surface area contributed by atoms with Crippen LogP contribution in [0.2, 0.25) is 0 Å². The van der Waals surface area contributed by atoms with Gasteiger partial charge in [-0.15, -0.1) is 19.7 Å². The molecule has 0 amide bonds. The quantitative estimate of drug-likeness (QED) is 0.0215. The minimum absolute atomic E-state index is 0. The number of hydrogen-bond donors (Lipinski definition) is 2. The Hall–Kier alpha value is -0.260. The second-order valence-electron chi connectivity index (χ2n) is 7.44. The van der Waals surface area contributed by atoms with Crippen molar-refractivity contribution < 1.29 is 149 Å². The molecule has 0 aliphatic rings. The van der Waals surface area contributed by atoms with E-state index >= 15 is 0 Å². The fourth-order valence-electron chi connectivity index (χ4n) is 2.91. The zero-order valence-corrected chi connectivity index (χ0v) is 32.7. The third-order valence-electron chi connectivity index (χ3n) is 4.76. The summed E-state index contributed by atoms with van der Waals surface area (Å²) in [5.41, 5.74) is 5.40. The maximum absolute atomic E-state index is 12.4. The molecule has 0 heterocycles. The summed E-state index contributed by atoms with van der Waals surface area (Å²) in [5.74, 6) is -0.891. The molecule has 0 saturated carbocycles. The first kappa shape index (κ1) is 44.7. The second kappa shape index (κ2) is 21.7. The fourth-order valence-corrected chi connectivity index (χ4v) is 5.29. The third-order valence-corrected chi connectivity index (χ3v) is 8.28. The maximum atomic E-state index is 12.4.